The topological polar surface area (TPSA) is 54.3 Å². The van der Waals surface area contributed by atoms with Gasteiger partial charge in [0.25, 0.3) is 0 Å². The van der Waals surface area contributed by atoms with Crippen molar-refractivity contribution in [2.45, 2.75) is 18.6 Å². The van der Waals surface area contributed by atoms with Gasteiger partial charge in [0, 0.05) is 19.5 Å². The van der Waals surface area contributed by atoms with Crippen LogP contribution in [0.15, 0.2) is 65.8 Å². The largest absolute Gasteiger partial charge is 0.491 e. The maximum absolute atomic E-state index is 10.1. The van der Waals surface area contributed by atoms with Gasteiger partial charge in [0.2, 0.25) is 0 Å². The summed E-state index contributed by atoms with van der Waals surface area (Å²) >= 11 is 0. The summed E-state index contributed by atoms with van der Waals surface area (Å²) in [5, 5.41) is 14.3. The summed E-state index contributed by atoms with van der Waals surface area (Å²) in [6.07, 6.45) is 0.244. The molecule has 25 heavy (non-hydrogen) atoms. The highest BCUT2D eigenvalue weighted by Gasteiger charge is 2.24. The van der Waals surface area contributed by atoms with Crippen molar-refractivity contribution in [3.8, 4) is 5.75 Å². The molecule has 0 amide bonds. The van der Waals surface area contributed by atoms with Gasteiger partial charge in [0.05, 0.1) is 5.71 Å². The molecule has 0 saturated heterocycles. The molecule has 2 aromatic carbocycles. The van der Waals surface area contributed by atoms with Crippen molar-refractivity contribution in [1.29, 1.82) is 0 Å². The highest BCUT2D eigenvalue weighted by molar-refractivity contribution is 6.01. The monoisotopic (exact) mass is 340 g/mol. The third-order valence-electron chi connectivity index (χ3n) is 4.06. The normalized spacial score (nSPS) is 17.9. The zero-order valence-corrected chi connectivity index (χ0v) is 14.4. The maximum Gasteiger partial charge on any atom is 0.145 e. The molecule has 132 valence electrons. The van der Waals surface area contributed by atoms with Crippen LogP contribution in [0.2, 0.25) is 0 Å². The average Bonchev–Trinajstić information content (AvgIpc) is 3.10. The molecule has 3 rings (SSSR count). The fourth-order valence-corrected chi connectivity index (χ4v) is 2.87. The number of nitrogens with zero attached hydrogens (tertiary/aromatic N) is 2. The second-order valence-corrected chi connectivity index (χ2v) is 6.33. The molecule has 1 aliphatic rings. The van der Waals surface area contributed by atoms with E-state index >= 15 is 0 Å². The Bertz CT molecular complexity index is 676. The number of aliphatic hydroxyl groups is 1. The first-order valence-corrected chi connectivity index (χ1v) is 8.53. The highest BCUT2D eigenvalue weighted by atomic mass is 16.6. The minimum atomic E-state index is -0.555. The Hall–Kier alpha value is -2.37. The molecule has 1 aliphatic heterocycles. The molecule has 0 fully saturated rings. The predicted molar refractivity (Wildman–Crippen MR) is 97.9 cm³/mol. The Kier molecular flexibility index (Phi) is 6.04. The summed E-state index contributed by atoms with van der Waals surface area (Å²) in [5.41, 5.74) is 2.08. The lowest BCUT2D eigenvalue weighted by atomic mass is 10.1. The number of rotatable bonds is 8. The van der Waals surface area contributed by atoms with Crippen molar-refractivity contribution in [3.63, 3.8) is 0 Å². The van der Waals surface area contributed by atoms with Crippen LogP contribution in [0.4, 0.5) is 0 Å². The molecule has 2 atom stereocenters. The SMILES string of the molecule is CN(CC(O)COc1ccccc1)CC1CC(c2ccccc2)=NO1. The fraction of sp³-hybridized carbons (Fsp3) is 0.350. The Morgan fingerprint density at radius 3 is 2.56 bits per heavy atom. The Morgan fingerprint density at radius 1 is 1.16 bits per heavy atom. The summed E-state index contributed by atoms with van der Waals surface area (Å²) in [6.45, 7) is 1.50. The van der Waals surface area contributed by atoms with Crippen molar-refractivity contribution < 1.29 is 14.7 Å². The van der Waals surface area contributed by atoms with Gasteiger partial charge in [0.1, 0.15) is 24.6 Å². The van der Waals surface area contributed by atoms with E-state index < -0.39 is 6.10 Å². The third kappa shape index (κ3) is 5.31. The quantitative estimate of drug-likeness (QED) is 0.802. The van der Waals surface area contributed by atoms with Crippen molar-refractivity contribution in [3.05, 3.63) is 66.2 Å². The lowest BCUT2D eigenvalue weighted by Gasteiger charge is -2.22. The van der Waals surface area contributed by atoms with Gasteiger partial charge in [-0.2, -0.15) is 0 Å². The summed E-state index contributed by atoms with van der Waals surface area (Å²) in [6, 6.07) is 19.6. The smallest absolute Gasteiger partial charge is 0.145 e. The maximum atomic E-state index is 10.1. The fourth-order valence-electron chi connectivity index (χ4n) is 2.87. The first-order chi connectivity index (χ1) is 12.2. The number of benzene rings is 2. The number of hydrogen-bond donors (Lipinski definition) is 1. The van der Waals surface area contributed by atoms with Gasteiger partial charge in [-0.05, 0) is 24.7 Å². The van der Waals surface area contributed by atoms with Crippen LogP contribution >= 0.6 is 0 Å². The van der Waals surface area contributed by atoms with E-state index in [1.165, 1.54) is 0 Å². The molecule has 0 saturated carbocycles. The van der Waals surface area contributed by atoms with Crippen molar-refractivity contribution >= 4 is 5.71 Å². The van der Waals surface area contributed by atoms with Crippen molar-refractivity contribution in [2.24, 2.45) is 5.16 Å². The molecule has 0 aliphatic carbocycles. The standard InChI is InChI=1S/C20H24N2O3/c1-22(13-17(23)15-24-18-10-6-3-7-11-18)14-19-12-20(21-25-19)16-8-4-2-5-9-16/h2-11,17,19,23H,12-15H2,1H3. The van der Waals surface area contributed by atoms with Gasteiger partial charge in [-0.3, -0.25) is 4.90 Å². The van der Waals surface area contributed by atoms with E-state index in [9.17, 15) is 5.11 Å². The minimum Gasteiger partial charge on any atom is -0.491 e. The van der Waals surface area contributed by atoms with E-state index in [4.69, 9.17) is 9.57 Å². The van der Waals surface area contributed by atoms with Gasteiger partial charge < -0.3 is 14.7 Å². The van der Waals surface area contributed by atoms with Crippen LogP contribution in [0, 0.1) is 0 Å². The van der Waals surface area contributed by atoms with E-state index in [1.54, 1.807) is 0 Å². The van der Waals surface area contributed by atoms with E-state index in [2.05, 4.69) is 5.16 Å². The van der Waals surface area contributed by atoms with Crippen LogP contribution < -0.4 is 4.74 Å². The summed E-state index contributed by atoms with van der Waals surface area (Å²) in [7, 11) is 1.97. The Labute approximate surface area is 148 Å². The predicted octanol–water partition coefficient (Wildman–Crippen LogP) is 2.55. The molecule has 1 N–H and O–H groups in total. The summed E-state index contributed by atoms with van der Waals surface area (Å²) in [5.74, 6) is 0.768. The van der Waals surface area contributed by atoms with E-state index in [0.717, 1.165) is 23.4 Å². The molecule has 0 radical (unpaired) electrons. The molecular weight excluding hydrogens is 316 g/mol. The van der Waals surface area contributed by atoms with Gasteiger partial charge in [0.15, 0.2) is 0 Å². The van der Waals surface area contributed by atoms with Gasteiger partial charge in [-0.15, -0.1) is 0 Å². The molecular formula is C20H24N2O3. The molecule has 5 heteroatoms. The molecule has 0 spiro atoms. The second kappa shape index (κ2) is 8.65. The van der Waals surface area contributed by atoms with Crippen LogP contribution in [-0.4, -0.2) is 54.7 Å². The van der Waals surface area contributed by atoms with Crippen LogP contribution in [-0.2, 0) is 4.84 Å². The number of aliphatic hydroxyl groups excluding tert-OH is 1. The number of para-hydroxylation sites is 1. The second-order valence-electron chi connectivity index (χ2n) is 6.33. The average molecular weight is 340 g/mol. The van der Waals surface area contributed by atoms with Crippen LogP contribution in [0.5, 0.6) is 5.75 Å². The molecule has 2 aromatic rings. The van der Waals surface area contributed by atoms with Gasteiger partial charge in [-0.1, -0.05) is 53.7 Å². The van der Waals surface area contributed by atoms with Crippen molar-refractivity contribution in [2.75, 3.05) is 26.7 Å². The number of ether oxygens (including phenoxy) is 1. The first-order valence-electron chi connectivity index (χ1n) is 8.53. The molecule has 0 bridgehead atoms. The number of oxime groups is 1. The Morgan fingerprint density at radius 2 is 1.84 bits per heavy atom. The lowest BCUT2D eigenvalue weighted by Crippen LogP contribution is -2.37. The Balaban J connectivity index is 1.39. The summed E-state index contributed by atoms with van der Waals surface area (Å²) in [4.78, 5) is 7.58. The zero-order valence-electron chi connectivity index (χ0n) is 14.4. The lowest BCUT2D eigenvalue weighted by molar-refractivity contribution is 0.0333. The van der Waals surface area contributed by atoms with E-state index in [-0.39, 0.29) is 12.7 Å². The zero-order chi connectivity index (χ0) is 17.5. The minimum absolute atomic E-state index is 0.0162. The van der Waals surface area contributed by atoms with Crippen LogP contribution in [0.1, 0.15) is 12.0 Å². The van der Waals surface area contributed by atoms with Gasteiger partial charge in [-0.25, -0.2) is 0 Å². The number of likely N-dealkylation sites (N-methyl/N-ethyl adjacent to an activating group) is 1. The van der Waals surface area contributed by atoms with Crippen LogP contribution in [0.3, 0.4) is 0 Å². The first kappa shape index (κ1) is 17.5. The summed E-state index contributed by atoms with van der Waals surface area (Å²) < 4.78 is 5.58. The molecule has 2 unspecified atom stereocenters. The van der Waals surface area contributed by atoms with Crippen molar-refractivity contribution in [1.82, 2.24) is 4.90 Å². The van der Waals surface area contributed by atoms with E-state index in [1.807, 2.05) is 72.6 Å². The third-order valence-corrected chi connectivity index (χ3v) is 4.06. The molecule has 1 heterocycles. The van der Waals surface area contributed by atoms with E-state index in [0.29, 0.717) is 13.1 Å². The van der Waals surface area contributed by atoms with Gasteiger partial charge >= 0.3 is 0 Å². The molecule has 0 aromatic heterocycles. The number of hydrogen-bond acceptors (Lipinski definition) is 5. The molecule has 5 nitrogen and oxygen atoms in total. The van der Waals surface area contributed by atoms with Crippen LogP contribution in [0.25, 0.3) is 0 Å². The highest BCUT2D eigenvalue weighted by Crippen LogP contribution is 2.17.